The number of nitrogens with one attached hydrogen (secondary N) is 1. The zero-order chi connectivity index (χ0) is 11.5. The Balaban J connectivity index is 2.23. The Bertz CT molecular complexity index is 479. The quantitative estimate of drug-likeness (QED) is 0.815. The summed E-state index contributed by atoms with van der Waals surface area (Å²) >= 11 is 5.79. The molecule has 0 amide bonds. The van der Waals surface area contributed by atoms with Gasteiger partial charge in [-0.25, -0.2) is 14.4 Å². The van der Waals surface area contributed by atoms with Crippen LogP contribution >= 0.6 is 11.6 Å². The van der Waals surface area contributed by atoms with E-state index in [1.165, 1.54) is 12.1 Å². The molecule has 0 aliphatic heterocycles. The fourth-order valence-corrected chi connectivity index (χ4v) is 1.49. The average molecular weight is 238 g/mol. The highest BCUT2D eigenvalue weighted by atomic mass is 35.5. The summed E-state index contributed by atoms with van der Waals surface area (Å²) in [5.74, 6) is 0.116. The molecule has 2 rings (SSSR count). The van der Waals surface area contributed by atoms with Crippen molar-refractivity contribution >= 4 is 23.2 Å². The molecule has 1 heterocycles. The third-order valence-electron chi connectivity index (χ3n) is 1.92. The fraction of sp³-hybridized carbons (Fsp3) is 0.0909. The van der Waals surface area contributed by atoms with E-state index in [1.807, 2.05) is 6.92 Å². The van der Waals surface area contributed by atoms with Crippen LogP contribution in [0.2, 0.25) is 5.15 Å². The zero-order valence-corrected chi connectivity index (χ0v) is 9.29. The normalized spacial score (nSPS) is 10.2. The summed E-state index contributed by atoms with van der Waals surface area (Å²) in [6.07, 6.45) is 0. The number of halogens is 2. The lowest BCUT2D eigenvalue weighted by molar-refractivity contribution is 0.628. The summed E-state index contributed by atoms with van der Waals surface area (Å²) in [7, 11) is 0. The molecule has 0 atom stereocenters. The van der Waals surface area contributed by atoms with Crippen LogP contribution in [0.25, 0.3) is 0 Å². The van der Waals surface area contributed by atoms with E-state index < -0.39 is 0 Å². The van der Waals surface area contributed by atoms with E-state index in [2.05, 4.69) is 15.3 Å². The van der Waals surface area contributed by atoms with Gasteiger partial charge in [-0.3, -0.25) is 0 Å². The molecule has 0 unspecified atom stereocenters. The van der Waals surface area contributed by atoms with Gasteiger partial charge in [-0.1, -0.05) is 11.6 Å². The molecule has 0 saturated heterocycles. The molecule has 0 radical (unpaired) electrons. The van der Waals surface area contributed by atoms with E-state index in [0.29, 0.717) is 16.8 Å². The Hall–Kier alpha value is -1.68. The molecule has 2 aromatic rings. The molecule has 0 fully saturated rings. The average Bonchev–Trinajstić information content (AvgIpc) is 2.20. The minimum absolute atomic E-state index is 0.284. The van der Waals surface area contributed by atoms with E-state index in [4.69, 9.17) is 11.6 Å². The van der Waals surface area contributed by atoms with Crippen LogP contribution in [-0.2, 0) is 0 Å². The molecule has 0 aliphatic rings. The number of anilines is 2. The lowest BCUT2D eigenvalue weighted by Gasteiger charge is -2.05. The summed E-state index contributed by atoms with van der Waals surface area (Å²) in [5.41, 5.74) is 1.48. The lowest BCUT2D eigenvalue weighted by Crippen LogP contribution is -1.98. The van der Waals surface area contributed by atoms with Gasteiger partial charge in [0.1, 0.15) is 11.0 Å². The molecular weight excluding hydrogens is 229 g/mol. The topological polar surface area (TPSA) is 37.8 Å². The molecule has 0 spiro atoms. The van der Waals surface area contributed by atoms with E-state index in [0.717, 1.165) is 5.69 Å². The second-order valence-corrected chi connectivity index (χ2v) is 3.67. The van der Waals surface area contributed by atoms with Gasteiger partial charge in [0.05, 0.1) is 0 Å². The van der Waals surface area contributed by atoms with Crippen LogP contribution in [0, 0.1) is 12.7 Å². The summed E-state index contributed by atoms with van der Waals surface area (Å²) < 4.78 is 12.7. The van der Waals surface area contributed by atoms with Crippen LogP contribution in [0.5, 0.6) is 0 Å². The summed E-state index contributed by atoms with van der Waals surface area (Å²) in [4.78, 5) is 8.15. The Labute approximate surface area is 97.3 Å². The minimum atomic E-state index is -0.284. The smallest absolute Gasteiger partial charge is 0.228 e. The number of rotatable bonds is 2. The first-order valence-electron chi connectivity index (χ1n) is 4.67. The molecular formula is C11H9ClFN3. The third-order valence-corrected chi connectivity index (χ3v) is 2.12. The first-order chi connectivity index (χ1) is 7.63. The second kappa shape index (κ2) is 4.45. The standard InChI is InChI=1S/C11H9ClFN3/c1-7-6-10(12)16-11(14-7)15-9-4-2-8(13)3-5-9/h2-6H,1H3,(H,14,15,16). The summed E-state index contributed by atoms with van der Waals surface area (Å²) in [5, 5.41) is 3.31. The third kappa shape index (κ3) is 2.67. The lowest BCUT2D eigenvalue weighted by atomic mass is 10.3. The van der Waals surface area contributed by atoms with Gasteiger partial charge in [-0.15, -0.1) is 0 Å². The number of aromatic nitrogens is 2. The molecule has 5 heteroatoms. The maximum atomic E-state index is 12.7. The van der Waals surface area contributed by atoms with Gasteiger partial charge < -0.3 is 5.32 Å². The Kier molecular flexibility index (Phi) is 3.01. The van der Waals surface area contributed by atoms with Gasteiger partial charge in [0.25, 0.3) is 0 Å². The van der Waals surface area contributed by atoms with E-state index in [-0.39, 0.29) is 5.82 Å². The highest BCUT2D eigenvalue weighted by Gasteiger charge is 2.01. The predicted octanol–water partition coefficient (Wildman–Crippen LogP) is 3.32. The van der Waals surface area contributed by atoms with Crippen molar-refractivity contribution in [3.05, 3.63) is 47.0 Å². The van der Waals surface area contributed by atoms with Crippen LogP contribution < -0.4 is 5.32 Å². The number of benzene rings is 1. The van der Waals surface area contributed by atoms with Gasteiger partial charge in [-0.2, -0.15) is 0 Å². The number of aryl methyl sites for hydroxylation is 1. The summed E-state index contributed by atoms with van der Waals surface area (Å²) in [6, 6.07) is 7.60. The maximum absolute atomic E-state index is 12.7. The van der Waals surface area contributed by atoms with E-state index >= 15 is 0 Å². The fourth-order valence-electron chi connectivity index (χ4n) is 1.25. The van der Waals surface area contributed by atoms with Gasteiger partial charge >= 0.3 is 0 Å². The van der Waals surface area contributed by atoms with Crippen molar-refractivity contribution in [2.45, 2.75) is 6.92 Å². The van der Waals surface area contributed by atoms with Crippen molar-refractivity contribution in [3.8, 4) is 0 Å². The predicted molar refractivity (Wildman–Crippen MR) is 61.5 cm³/mol. The van der Waals surface area contributed by atoms with Crippen molar-refractivity contribution < 1.29 is 4.39 Å². The molecule has 3 nitrogen and oxygen atoms in total. The minimum Gasteiger partial charge on any atom is -0.324 e. The van der Waals surface area contributed by atoms with Gasteiger partial charge in [-0.05, 0) is 37.3 Å². The molecule has 1 aromatic carbocycles. The molecule has 16 heavy (non-hydrogen) atoms. The summed E-state index contributed by atoms with van der Waals surface area (Å²) in [6.45, 7) is 1.82. The van der Waals surface area contributed by atoms with E-state index in [1.54, 1.807) is 18.2 Å². The largest absolute Gasteiger partial charge is 0.324 e. The van der Waals surface area contributed by atoms with Crippen molar-refractivity contribution in [3.63, 3.8) is 0 Å². The highest BCUT2D eigenvalue weighted by Crippen LogP contribution is 2.15. The van der Waals surface area contributed by atoms with Crippen LogP contribution in [0.4, 0.5) is 16.0 Å². The molecule has 82 valence electrons. The first kappa shape index (κ1) is 10.8. The highest BCUT2D eigenvalue weighted by molar-refractivity contribution is 6.29. The maximum Gasteiger partial charge on any atom is 0.228 e. The Morgan fingerprint density at radius 3 is 2.50 bits per heavy atom. The van der Waals surface area contributed by atoms with Gasteiger partial charge in [0.2, 0.25) is 5.95 Å². The van der Waals surface area contributed by atoms with Crippen LogP contribution in [0.3, 0.4) is 0 Å². The SMILES string of the molecule is Cc1cc(Cl)nc(Nc2ccc(F)cc2)n1. The molecule has 1 aromatic heterocycles. The van der Waals surface area contributed by atoms with Gasteiger partial charge in [0.15, 0.2) is 0 Å². The van der Waals surface area contributed by atoms with Crippen molar-refractivity contribution in [2.24, 2.45) is 0 Å². The Morgan fingerprint density at radius 1 is 1.19 bits per heavy atom. The molecule has 0 saturated carbocycles. The van der Waals surface area contributed by atoms with Crippen molar-refractivity contribution in [1.29, 1.82) is 0 Å². The van der Waals surface area contributed by atoms with Crippen LogP contribution in [-0.4, -0.2) is 9.97 Å². The molecule has 0 bridgehead atoms. The monoisotopic (exact) mass is 237 g/mol. The van der Waals surface area contributed by atoms with Crippen LogP contribution in [0.1, 0.15) is 5.69 Å². The molecule has 0 aliphatic carbocycles. The van der Waals surface area contributed by atoms with Crippen molar-refractivity contribution in [2.75, 3.05) is 5.32 Å². The molecule has 1 N–H and O–H groups in total. The van der Waals surface area contributed by atoms with Crippen LogP contribution in [0.15, 0.2) is 30.3 Å². The van der Waals surface area contributed by atoms with E-state index in [9.17, 15) is 4.39 Å². The number of hydrogen-bond acceptors (Lipinski definition) is 3. The van der Waals surface area contributed by atoms with Gasteiger partial charge in [0, 0.05) is 11.4 Å². The Morgan fingerprint density at radius 2 is 1.88 bits per heavy atom. The number of nitrogens with zero attached hydrogens (tertiary/aromatic N) is 2. The van der Waals surface area contributed by atoms with Crippen molar-refractivity contribution in [1.82, 2.24) is 9.97 Å². The second-order valence-electron chi connectivity index (χ2n) is 3.29. The number of hydrogen-bond donors (Lipinski definition) is 1. The zero-order valence-electron chi connectivity index (χ0n) is 8.54. The first-order valence-corrected chi connectivity index (χ1v) is 5.05.